The van der Waals surface area contributed by atoms with Crippen LogP contribution in [0.3, 0.4) is 0 Å². The van der Waals surface area contributed by atoms with Gasteiger partial charge in [-0.1, -0.05) is 18.2 Å². The summed E-state index contributed by atoms with van der Waals surface area (Å²) in [6.45, 7) is 6.61. The molecule has 1 saturated heterocycles. The van der Waals surface area contributed by atoms with Crippen LogP contribution in [0.1, 0.15) is 12.0 Å². The first kappa shape index (κ1) is 15.3. The van der Waals surface area contributed by atoms with Gasteiger partial charge in [0, 0.05) is 31.9 Å². The lowest BCUT2D eigenvalue weighted by Gasteiger charge is -2.36. The van der Waals surface area contributed by atoms with E-state index in [0.29, 0.717) is 6.42 Å². The standard InChI is InChI=1S/C14H22N2O3S/c1-13-5-2-3-6-14(13)16-10-8-15(9-11-16)7-4-12-20(17,18)19/h2-3,5-6H,4,7-12H2,1H3,(H,17,18,19). The number of hydrogen-bond donors (Lipinski definition) is 1. The molecule has 0 unspecified atom stereocenters. The fourth-order valence-electron chi connectivity index (χ4n) is 2.60. The Bertz CT molecular complexity index is 537. The van der Waals surface area contributed by atoms with Gasteiger partial charge in [0.2, 0.25) is 0 Å². The highest BCUT2D eigenvalue weighted by atomic mass is 32.2. The van der Waals surface area contributed by atoms with Crippen molar-refractivity contribution in [2.45, 2.75) is 13.3 Å². The Hall–Kier alpha value is -1.11. The van der Waals surface area contributed by atoms with Crippen molar-refractivity contribution in [3.8, 4) is 0 Å². The Kier molecular flexibility index (Phi) is 5.01. The summed E-state index contributed by atoms with van der Waals surface area (Å²) in [7, 11) is -3.82. The van der Waals surface area contributed by atoms with Gasteiger partial charge in [0.25, 0.3) is 10.1 Å². The Morgan fingerprint density at radius 1 is 1.15 bits per heavy atom. The largest absolute Gasteiger partial charge is 0.369 e. The average Bonchev–Trinajstić information content (AvgIpc) is 2.39. The molecule has 0 bridgehead atoms. The van der Waals surface area contributed by atoms with Gasteiger partial charge in [0.05, 0.1) is 5.75 Å². The molecule has 20 heavy (non-hydrogen) atoms. The van der Waals surface area contributed by atoms with Gasteiger partial charge in [0.15, 0.2) is 0 Å². The first-order valence-corrected chi connectivity index (χ1v) is 8.55. The van der Waals surface area contributed by atoms with E-state index in [1.807, 2.05) is 6.07 Å². The fraction of sp³-hybridized carbons (Fsp3) is 0.571. The second-order valence-electron chi connectivity index (χ2n) is 5.25. The lowest BCUT2D eigenvalue weighted by molar-refractivity contribution is 0.258. The Morgan fingerprint density at radius 2 is 1.80 bits per heavy atom. The fourth-order valence-corrected chi connectivity index (χ4v) is 3.10. The lowest BCUT2D eigenvalue weighted by Crippen LogP contribution is -2.47. The molecule has 1 aromatic carbocycles. The third kappa shape index (κ3) is 4.47. The number of aryl methyl sites for hydroxylation is 1. The number of hydrogen-bond acceptors (Lipinski definition) is 4. The molecule has 0 aliphatic carbocycles. The molecule has 0 aromatic heterocycles. The molecule has 1 aliphatic rings. The van der Waals surface area contributed by atoms with Gasteiger partial charge in [-0.15, -0.1) is 0 Å². The maximum Gasteiger partial charge on any atom is 0.264 e. The normalized spacial score (nSPS) is 17.4. The van der Waals surface area contributed by atoms with E-state index >= 15 is 0 Å². The van der Waals surface area contributed by atoms with Crippen LogP contribution in [-0.2, 0) is 10.1 Å². The van der Waals surface area contributed by atoms with Crippen LogP contribution in [0.4, 0.5) is 5.69 Å². The van der Waals surface area contributed by atoms with E-state index in [2.05, 4.69) is 34.9 Å². The predicted octanol–water partition coefficient (Wildman–Crippen LogP) is 1.39. The summed E-state index contributed by atoms with van der Waals surface area (Å²) in [6.07, 6.45) is 0.489. The third-order valence-electron chi connectivity index (χ3n) is 3.71. The second kappa shape index (κ2) is 6.56. The summed E-state index contributed by atoms with van der Waals surface area (Å²) in [5.41, 5.74) is 2.57. The number of anilines is 1. The van der Waals surface area contributed by atoms with Gasteiger partial charge < -0.3 is 4.90 Å². The van der Waals surface area contributed by atoms with Crippen molar-refractivity contribution < 1.29 is 13.0 Å². The van der Waals surface area contributed by atoms with Crippen molar-refractivity contribution >= 4 is 15.8 Å². The van der Waals surface area contributed by atoms with Crippen LogP contribution in [0.25, 0.3) is 0 Å². The molecule has 1 aliphatic heterocycles. The van der Waals surface area contributed by atoms with Crippen LogP contribution in [0, 0.1) is 6.92 Å². The molecule has 2 rings (SSSR count). The summed E-state index contributed by atoms with van der Waals surface area (Å²) in [5.74, 6) is -0.148. The number of benzene rings is 1. The van der Waals surface area contributed by atoms with E-state index in [0.717, 1.165) is 32.7 Å². The molecule has 0 saturated carbocycles. The smallest absolute Gasteiger partial charge is 0.264 e. The minimum Gasteiger partial charge on any atom is -0.369 e. The van der Waals surface area contributed by atoms with Crippen molar-refractivity contribution in [3.05, 3.63) is 29.8 Å². The van der Waals surface area contributed by atoms with Crippen LogP contribution in [-0.4, -0.2) is 56.3 Å². The van der Waals surface area contributed by atoms with Crippen LogP contribution >= 0.6 is 0 Å². The Morgan fingerprint density at radius 3 is 2.40 bits per heavy atom. The van der Waals surface area contributed by atoms with Gasteiger partial charge >= 0.3 is 0 Å². The van der Waals surface area contributed by atoms with Crippen molar-refractivity contribution in [2.24, 2.45) is 0 Å². The molecule has 0 radical (unpaired) electrons. The zero-order chi connectivity index (χ0) is 14.6. The average molecular weight is 298 g/mol. The van der Waals surface area contributed by atoms with Crippen LogP contribution in [0.15, 0.2) is 24.3 Å². The topological polar surface area (TPSA) is 60.9 Å². The molecule has 112 valence electrons. The molecule has 1 aromatic rings. The van der Waals surface area contributed by atoms with E-state index in [4.69, 9.17) is 4.55 Å². The van der Waals surface area contributed by atoms with Crippen molar-refractivity contribution in [2.75, 3.05) is 43.4 Å². The predicted molar refractivity (Wildman–Crippen MR) is 80.9 cm³/mol. The highest BCUT2D eigenvalue weighted by molar-refractivity contribution is 7.85. The molecule has 1 fully saturated rings. The van der Waals surface area contributed by atoms with Crippen molar-refractivity contribution in [1.82, 2.24) is 4.90 Å². The van der Waals surface area contributed by atoms with Gasteiger partial charge in [0.1, 0.15) is 0 Å². The zero-order valence-electron chi connectivity index (χ0n) is 11.8. The number of piperazine rings is 1. The minimum atomic E-state index is -3.82. The highest BCUT2D eigenvalue weighted by Gasteiger charge is 2.18. The van der Waals surface area contributed by atoms with Gasteiger partial charge in [-0.25, -0.2) is 0 Å². The molecule has 0 atom stereocenters. The summed E-state index contributed by atoms with van der Waals surface area (Å²) in [6, 6.07) is 8.36. The van der Waals surface area contributed by atoms with E-state index in [-0.39, 0.29) is 5.75 Å². The highest BCUT2D eigenvalue weighted by Crippen LogP contribution is 2.20. The van der Waals surface area contributed by atoms with Crippen molar-refractivity contribution in [1.29, 1.82) is 0 Å². The van der Waals surface area contributed by atoms with E-state index < -0.39 is 10.1 Å². The maximum absolute atomic E-state index is 10.7. The summed E-state index contributed by atoms with van der Waals surface area (Å²) in [4.78, 5) is 4.62. The molecule has 0 spiro atoms. The quantitative estimate of drug-likeness (QED) is 0.833. The minimum absolute atomic E-state index is 0.148. The molecule has 6 heteroatoms. The number of para-hydroxylation sites is 1. The summed E-state index contributed by atoms with van der Waals surface area (Å²) >= 11 is 0. The van der Waals surface area contributed by atoms with Crippen molar-refractivity contribution in [3.63, 3.8) is 0 Å². The van der Waals surface area contributed by atoms with E-state index in [1.165, 1.54) is 11.3 Å². The molecule has 5 nitrogen and oxygen atoms in total. The molecule has 1 heterocycles. The first-order chi connectivity index (χ1) is 9.46. The Labute approximate surface area is 120 Å². The second-order valence-corrected chi connectivity index (χ2v) is 6.83. The maximum atomic E-state index is 10.7. The Balaban J connectivity index is 1.80. The van der Waals surface area contributed by atoms with Crippen LogP contribution < -0.4 is 4.90 Å². The molecule has 1 N–H and O–H groups in total. The number of nitrogens with zero attached hydrogens (tertiary/aromatic N) is 2. The van der Waals surface area contributed by atoms with Crippen LogP contribution in [0.2, 0.25) is 0 Å². The monoisotopic (exact) mass is 298 g/mol. The molecular formula is C14H22N2O3S. The lowest BCUT2D eigenvalue weighted by atomic mass is 10.1. The van der Waals surface area contributed by atoms with Gasteiger partial charge in [-0.05, 0) is 31.5 Å². The third-order valence-corrected chi connectivity index (χ3v) is 4.51. The molecule has 0 amide bonds. The van der Waals surface area contributed by atoms with Gasteiger partial charge in [-0.3, -0.25) is 9.45 Å². The van der Waals surface area contributed by atoms with Gasteiger partial charge in [-0.2, -0.15) is 8.42 Å². The number of rotatable bonds is 5. The van der Waals surface area contributed by atoms with Crippen LogP contribution in [0.5, 0.6) is 0 Å². The zero-order valence-corrected chi connectivity index (χ0v) is 12.6. The molecular weight excluding hydrogens is 276 g/mol. The van der Waals surface area contributed by atoms with E-state index in [9.17, 15) is 8.42 Å². The summed E-state index contributed by atoms with van der Waals surface area (Å²) in [5, 5.41) is 0. The summed E-state index contributed by atoms with van der Waals surface area (Å²) < 4.78 is 30.1. The SMILES string of the molecule is Cc1ccccc1N1CCN(CCCS(=O)(=O)O)CC1. The first-order valence-electron chi connectivity index (χ1n) is 6.94. The van der Waals surface area contributed by atoms with E-state index in [1.54, 1.807) is 0 Å².